The van der Waals surface area contributed by atoms with E-state index in [-0.39, 0.29) is 0 Å². The van der Waals surface area contributed by atoms with Crippen molar-refractivity contribution >= 4 is 11.9 Å². The second kappa shape index (κ2) is 6.32. The summed E-state index contributed by atoms with van der Waals surface area (Å²) in [5.74, 6) is -2.79. The molecule has 0 amide bonds. The van der Waals surface area contributed by atoms with E-state index in [1.165, 1.54) is 20.0 Å². The zero-order valence-electron chi connectivity index (χ0n) is 13.6. The molecule has 2 heterocycles. The summed E-state index contributed by atoms with van der Waals surface area (Å²) >= 11 is 0. The molecule has 0 saturated carbocycles. The van der Waals surface area contributed by atoms with Crippen molar-refractivity contribution in [1.82, 2.24) is 4.90 Å². The first-order valence-corrected chi connectivity index (χ1v) is 8.14. The molecular formula is C18H23NO4. The van der Waals surface area contributed by atoms with E-state index in [1.807, 2.05) is 12.1 Å². The maximum Gasteiger partial charge on any atom is 0.324 e. The van der Waals surface area contributed by atoms with Gasteiger partial charge in [-0.15, -0.1) is 0 Å². The van der Waals surface area contributed by atoms with Crippen LogP contribution in [0.1, 0.15) is 48.6 Å². The molecule has 3 unspecified atom stereocenters. The third kappa shape index (κ3) is 2.85. The fourth-order valence-corrected chi connectivity index (χ4v) is 4.29. The predicted molar refractivity (Wildman–Crippen MR) is 85.4 cm³/mol. The first kappa shape index (κ1) is 16.0. The minimum Gasteiger partial charge on any atom is -0.480 e. The summed E-state index contributed by atoms with van der Waals surface area (Å²) in [7, 11) is 3.41. The molecule has 0 aliphatic carbocycles. The molecule has 5 nitrogen and oxygen atoms in total. The number of piperidine rings is 1. The predicted octanol–water partition coefficient (Wildman–Crippen LogP) is 2.37. The summed E-state index contributed by atoms with van der Waals surface area (Å²) in [6, 6.07) is 8.58. The number of fused-ring (bicyclic) bond motifs is 2. The molecule has 0 aromatic heterocycles. The van der Waals surface area contributed by atoms with E-state index in [2.05, 4.69) is 11.9 Å². The number of esters is 1. The van der Waals surface area contributed by atoms with Gasteiger partial charge in [0.05, 0.1) is 7.11 Å². The third-order valence-corrected chi connectivity index (χ3v) is 5.53. The summed E-state index contributed by atoms with van der Waals surface area (Å²) in [5, 5.41) is 9.50. The fraction of sp³-hybridized carbons (Fsp3) is 0.556. The van der Waals surface area contributed by atoms with Crippen LogP contribution in [0, 0.1) is 0 Å². The zero-order chi connectivity index (χ0) is 16.6. The van der Waals surface area contributed by atoms with E-state index < -0.39 is 17.9 Å². The second-order valence-electron chi connectivity index (χ2n) is 6.64. The second-order valence-corrected chi connectivity index (χ2v) is 6.64. The number of hydrogen-bond donors (Lipinski definition) is 1. The summed E-state index contributed by atoms with van der Waals surface area (Å²) in [6.07, 6.45) is 4.47. The van der Waals surface area contributed by atoms with Gasteiger partial charge in [0.2, 0.25) is 0 Å². The van der Waals surface area contributed by atoms with Crippen molar-refractivity contribution in [3.63, 3.8) is 0 Å². The fourth-order valence-electron chi connectivity index (χ4n) is 4.29. The highest BCUT2D eigenvalue weighted by atomic mass is 16.5. The van der Waals surface area contributed by atoms with Crippen LogP contribution in [0.15, 0.2) is 24.3 Å². The Kier molecular flexibility index (Phi) is 4.39. The Labute approximate surface area is 136 Å². The van der Waals surface area contributed by atoms with Crippen LogP contribution in [0.3, 0.4) is 0 Å². The summed E-state index contributed by atoms with van der Waals surface area (Å²) in [4.78, 5) is 26.0. The van der Waals surface area contributed by atoms with E-state index in [0.717, 1.165) is 18.4 Å². The number of aliphatic carboxylic acids is 1. The smallest absolute Gasteiger partial charge is 0.324 e. The van der Waals surface area contributed by atoms with Crippen molar-refractivity contribution in [2.45, 2.75) is 49.6 Å². The lowest BCUT2D eigenvalue weighted by atomic mass is 9.80. The molecule has 1 aromatic rings. The van der Waals surface area contributed by atoms with Crippen LogP contribution in [-0.4, -0.2) is 48.2 Å². The molecule has 2 bridgehead atoms. The number of hydrogen-bond acceptors (Lipinski definition) is 4. The Balaban J connectivity index is 1.95. The van der Waals surface area contributed by atoms with Gasteiger partial charge in [-0.2, -0.15) is 0 Å². The molecule has 0 spiro atoms. The first-order valence-electron chi connectivity index (χ1n) is 8.14. The van der Waals surface area contributed by atoms with Gasteiger partial charge in [-0.1, -0.05) is 24.3 Å². The molecule has 2 aliphatic rings. The lowest BCUT2D eigenvalue weighted by Gasteiger charge is -2.37. The van der Waals surface area contributed by atoms with E-state index in [0.29, 0.717) is 23.6 Å². The minimum absolute atomic E-state index is 0.311. The average molecular weight is 317 g/mol. The Hall–Kier alpha value is -1.88. The molecule has 23 heavy (non-hydrogen) atoms. The van der Waals surface area contributed by atoms with E-state index in [4.69, 9.17) is 4.74 Å². The highest BCUT2D eigenvalue weighted by molar-refractivity contribution is 6.00. The van der Waals surface area contributed by atoms with Crippen LogP contribution in [0.4, 0.5) is 0 Å². The number of benzene rings is 1. The van der Waals surface area contributed by atoms with E-state index in [1.54, 1.807) is 12.1 Å². The van der Waals surface area contributed by atoms with Crippen LogP contribution >= 0.6 is 0 Å². The van der Waals surface area contributed by atoms with E-state index >= 15 is 0 Å². The largest absolute Gasteiger partial charge is 0.480 e. The van der Waals surface area contributed by atoms with E-state index in [9.17, 15) is 14.7 Å². The van der Waals surface area contributed by atoms with Crippen LogP contribution in [0.2, 0.25) is 0 Å². The number of carbonyl (C=O) groups is 2. The van der Waals surface area contributed by atoms with Gasteiger partial charge in [-0.05, 0) is 49.8 Å². The average Bonchev–Trinajstić information content (AvgIpc) is 2.76. The monoisotopic (exact) mass is 317 g/mol. The van der Waals surface area contributed by atoms with Gasteiger partial charge in [-0.25, -0.2) is 0 Å². The number of nitrogens with zero attached hydrogens (tertiary/aromatic N) is 1. The lowest BCUT2D eigenvalue weighted by molar-refractivity contribution is -0.152. The van der Waals surface area contributed by atoms with Crippen molar-refractivity contribution in [3.05, 3.63) is 35.4 Å². The quantitative estimate of drug-likeness (QED) is 0.682. The Morgan fingerprint density at radius 2 is 1.83 bits per heavy atom. The number of methoxy groups -OCH3 is 1. The van der Waals surface area contributed by atoms with Crippen LogP contribution in [-0.2, 0) is 14.3 Å². The molecule has 2 saturated heterocycles. The summed E-state index contributed by atoms with van der Waals surface area (Å²) < 4.78 is 4.71. The topological polar surface area (TPSA) is 66.8 Å². The van der Waals surface area contributed by atoms with Crippen molar-refractivity contribution < 1.29 is 19.4 Å². The molecule has 1 N–H and O–H groups in total. The molecule has 2 fully saturated rings. The van der Waals surface area contributed by atoms with Gasteiger partial charge in [0, 0.05) is 12.1 Å². The minimum atomic E-state index is -1.24. The molecular weight excluding hydrogens is 294 g/mol. The summed E-state index contributed by atoms with van der Waals surface area (Å²) in [6.45, 7) is 0. The molecule has 5 heteroatoms. The van der Waals surface area contributed by atoms with Crippen LogP contribution < -0.4 is 0 Å². The number of ether oxygens (including phenoxy) is 1. The maximum absolute atomic E-state index is 12.0. The number of rotatable bonds is 4. The molecule has 3 atom stereocenters. The van der Waals surface area contributed by atoms with Gasteiger partial charge in [0.15, 0.2) is 5.92 Å². The van der Waals surface area contributed by atoms with Gasteiger partial charge >= 0.3 is 11.9 Å². The van der Waals surface area contributed by atoms with Gasteiger partial charge < -0.3 is 14.7 Å². The highest BCUT2D eigenvalue weighted by Crippen LogP contribution is 2.43. The maximum atomic E-state index is 12.0. The lowest BCUT2D eigenvalue weighted by Crippen LogP contribution is -2.39. The van der Waals surface area contributed by atoms with Crippen LogP contribution in [0.25, 0.3) is 0 Å². The summed E-state index contributed by atoms with van der Waals surface area (Å²) in [5.41, 5.74) is 1.58. The normalized spacial score (nSPS) is 28.3. The SMILES string of the molecule is COC(=O)C(C(=O)O)c1ccccc1C1CC2CCC(C1)N2C. The van der Waals surface area contributed by atoms with Crippen molar-refractivity contribution in [2.75, 3.05) is 14.2 Å². The molecule has 124 valence electrons. The van der Waals surface area contributed by atoms with Crippen LogP contribution in [0.5, 0.6) is 0 Å². The molecule has 0 radical (unpaired) electrons. The number of carboxylic acids is 1. The third-order valence-electron chi connectivity index (χ3n) is 5.53. The van der Waals surface area contributed by atoms with Gasteiger partial charge in [-0.3, -0.25) is 9.59 Å². The van der Waals surface area contributed by atoms with Crippen molar-refractivity contribution in [1.29, 1.82) is 0 Å². The number of carboxylic acid groups (broad SMARTS) is 1. The molecule has 3 rings (SSSR count). The Morgan fingerprint density at radius 3 is 2.39 bits per heavy atom. The van der Waals surface area contributed by atoms with Gasteiger partial charge in [0.25, 0.3) is 0 Å². The first-order chi connectivity index (χ1) is 11.0. The zero-order valence-corrected chi connectivity index (χ0v) is 13.6. The Morgan fingerprint density at radius 1 is 1.22 bits per heavy atom. The van der Waals surface area contributed by atoms with Crippen molar-refractivity contribution in [2.24, 2.45) is 0 Å². The highest BCUT2D eigenvalue weighted by Gasteiger charge is 2.41. The molecule has 1 aromatic carbocycles. The number of carbonyl (C=O) groups excluding carboxylic acids is 1. The Bertz CT molecular complexity index is 601. The van der Waals surface area contributed by atoms with Gasteiger partial charge in [0.1, 0.15) is 0 Å². The van der Waals surface area contributed by atoms with Crippen molar-refractivity contribution in [3.8, 4) is 0 Å². The standard InChI is InChI=1S/C18H23NO4/c1-19-12-7-8-13(19)10-11(9-12)14-5-3-4-6-15(14)16(17(20)21)18(22)23-2/h3-6,11-13,16H,7-10H2,1-2H3,(H,20,21). The molecule has 2 aliphatic heterocycles.